The Bertz CT molecular complexity index is 1080. The van der Waals surface area contributed by atoms with Crippen molar-refractivity contribution in [1.29, 1.82) is 0 Å². The average molecular weight is 486 g/mol. The molecule has 35 heavy (non-hydrogen) atoms. The first-order valence-electron chi connectivity index (χ1n) is 12.8. The van der Waals surface area contributed by atoms with Crippen LogP contribution in [0, 0.1) is 11.7 Å². The Labute approximate surface area is 205 Å². The van der Waals surface area contributed by atoms with Gasteiger partial charge in [-0.1, -0.05) is 19.3 Å². The first-order chi connectivity index (χ1) is 16.9. The Morgan fingerprint density at radius 2 is 2.00 bits per heavy atom. The van der Waals surface area contributed by atoms with Crippen LogP contribution in [0.4, 0.5) is 4.39 Å². The maximum Gasteiger partial charge on any atom is 0.245 e. The van der Waals surface area contributed by atoms with Gasteiger partial charge in [-0.15, -0.1) is 0 Å². The minimum Gasteiger partial charge on any atom is -0.390 e. The number of β-amino-alcohol motifs (C(OH)–C–C–N with tert-alkyl or cyclic N) is 1. The van der Waals surface area contributed by atoms with Crippen LogP contribution in [0.1, 0.15) is 50.5 Å². The Balaban J connectivity index is 1.45. The summed E-state index contributed by atoms with van der Waals surface area (Å²) < 4.78 is 13.8. The zero-order valence-electron chi connectivity index (χ0n) is 20.4. The summed E-state index contributed by atoms with van der Waals surface area (Å²) in [5.74, 6) is -0.570. The predicted molar refractivity (Wildman–Crippen MR) is 131 cm³/mol. The molecule has 8 nitrogen and oxygen atoms in total. The molecule has 9 heteroatoms. The number of likely N-dealkylation sites (tertiary alicyclic amines) is 1. The summed E-state index contributed by atoms with van der Waals surface area (Å²) >= 11 is 0. The molecule has 0 radical (unpaired) electrons. The molecular formula is C26H36FN5O3. The maximum absolute atomic E-state index is 14.1. The molecule has 2 aliphatic heterocycles. The highest BCUT2D eigenvalue weighted by Crippen LogP contribution is 2.40. The van der Waals surface area contributed by atoms with Crippen molar-refractivity contribution in [2.75, 3.05) is 20.1 Å². The fourth-order valence-electron chi connectivity index (χ4n) is 6.36. The molecule has 5 rings (SSSR count). The van der Waals surface area contributed by atoms with E-state index in [1.165, 1.54) is 12.1 Å². The molecule has 0 spiro atoms. The molecule has 0 bridgehead atoms. The molecule has 5 N–H and O–H groups in total. The number of halogens is 1. The molecule has 1 aliphatic carbocycles. The van der Waals surface area contributed by atoms with Crippen LogP contribution in [0.3, 0.4) is 0 Å². The van der Waals surface area contributed by atoms with Gasteiger partial charge in [0.15, 0.2) is 0 Å². The molecule has 2 saturated heterocycles. The Morgan fingerprint density at radius 1 is 1.23 bits per heavy atom. The van der Waals surface area contributed by atoms with Crippen molar-refractivity contribution in [2.24, 2.45) is 5.92 Å². The normalized spacial score (nSPS) is 28.7. The quantitative estimate of drug-likeness (QED) is 0.427. The average Bonchev–Trinajstić information content (AvgIpc) is 3.56. The second-order valence-corrected chi connectivity index (χ2v) is 10.4. The Kier molecular flexibility index (Phi) is 6.83. The van der Waals surface area contributed by atoms with Crippen LogP contribution >= 0.6 is 0 Å². The van der Waals surface area contributed by atoms with E-state index in [2.05, 4.69) is 20.9 Å². The maximum atomic E-state index is 14.1. The minimum atomic E-state index is -0.685. The van der Waals surface area contributed by atoms with Gasteiger partial charge in [0.1, 0.15) is 11.9 Å². The highest BCUT2D eigenvalue weighted by Gasteiger charge is 2.53. The van der Waals surface area contributed by atoms with Gasteiger partial charge in [0.25, 0.3) is 0 Å². The highest BCUT2D eigenvalue weighted by atomic mass is 19.1. The van der Waals surface area contributed by atoms with E-state index in [9.17, 15) is 19.1 Å². The molecule has 5 unspecified atom stereocenters. The zero-order chi connectivity index (χ0) is 24.7. The number of benzene rings is 1. The third kappa shape index (κ3) is 4.45. The van der Waals surface area contributed by atoms with Crippen molar-refractivity contribution in [1.82, 2.24) is 25.8 Å². The molecule has 190 valence electrons. The third-order valence-corrected chi connectivity index (χ3v) is 8.38. The number of aromatic nitrogens is 1. The minimum absolute atomic E-state index is 0.0562. The number of aliphatic hydroxyl groups is 1. The Hall–Kier alpha value is -2.49. The monoisotopic (exact) mass is 485 g/mol. The van der Waals surface area contributed by atoms with Crippen LogP contribution in [0.2, 0.25) is 0 Å². The molecule has 3 fully saturated rings. The highest BCUT2D eigenvalue weighted by molar-refractivity contribution is 5.90. The SMILES string of the molecule is CN[C@@H](C)C(=O)NC(C(=O)N1CC(O)C2NCC(c3c[nH]c4cc(F)ccc34)C21)C1CCCCC1. The summed E-state index contributed by atoms with van der Waals surface area (Å²) in [7, 11) is 1.73. The number of hydrogen-bond acceptors (Lipinski definition) is 5. The van der Waals surface area contributed by atoms with Gasteiger partial charge in [-0.25, -0.2) is 4.39 Å². The summed E-state index contributed by atoms with van der Waals surface area (Å²) in [5, 5.41) is 21.2. The standard InChI is InChI=1S/C26H36FN5O3/c1-14(28-2)25(34)31-22(15-6-4-3-5-7-15)26(35)32-13-21(33)23-24(32)19(12-30-23)18-11-29-20-10-16(27)8-9-17(18)20/h8-11,14-15,19,21-24,28-30,33H,3-7,12-13H2,1-2H3,(H,31,34)/t14-,19?,21?,22?,23?,24?/m0/s1. The van der Waals surface area contributed by atoms with E-state index < -0.39 is 18.2 Å². The van der Waals surface area contributed by atoms with E-state index in [1.54, 1.807) is 24.9 Å². The van der Waals surface area contributed by atoms with E-state index >= 15 is 0 Å². The third-order valence-electron chi connectivity index (χ3n) is 8.38. The van der Waals surface area contributed by atoms with Crippen molar-refractivity contribution in [3.8, 4) is 0 Å². The van der Waals surface area contributed by atoms with Gasteiger partial charge in [-0.05, 0) is 56.5 Å². The number of nitrogens with zero attached hydrogens (tertiary/aromatic N) is 1. The smallest absolute Gasteiger partial charge is 0.245 e. The lowest BCUT2D eigenvalue weighted by atomic mass is 9.82. The fourth-order valence-corrected chi connectivity index (χ4v) is 6.36. The van der Waals surface area contributed by atoms with Crippen molar-refractivity contribution in [2.45, 2.75) is 75.2 Å². The predicted octanol–water partition coefficient (Wildman–Crippen LogP) is 1.61. The van der Waals surface area contributed by atoms with Gasteiger partial charge in [-0.2, -0.15) is 0 Å². The van der Waals surface area contributed by atoms with Crippen molar-refractivity contribution in [3.05, 3.63) is 35.8 Å². The summed E-state index contributed by atoms with van der Waals surface area (Å²) in [4.78, 5) is 31.9. The van der Waals surface area contributed by atoms with Crippen LogP contribution < -0.4 is 16.0 Å². The van der Waals surface area contributed by atoms with Gasteiger partial charge >= 0.3 is 0 Å². The molecule has 6 atom stereocenters. The van der Waals surface area contributed by atoms with Crippen LogP contribution in [0.15, 0.2) is 24.4 Å². The van der Waals surface area contributed by atoms with E-state index in [4.69, 9.17) is 0 Å². The first kappa shape index (κ1) is 24.2. The lowest BCUT2D eigenvalue weighted by molar-refractivity contribution is -0.140. The second kappa shape index (κ2) is 9.87. The lowest BCUT2D eigenvalue weighted by Gasteiger charge is -2.36. The number of nitrogens with one attached hydrogen (secondary N) is 4. The number of aliphatic hydroxyl groups excluding tert-OH is 1. The van der Waals surface area contributed by atoms with Gasteiger partial charge in [0.05, 0.1) is 24.2 Å². The molecule has 2 amide bonds. The summed E-state index contributed by atoms with van der Waals surface area (Å²) in [5.41, 5.74) is 1.72. The van der Waals surface area contributed by atoms with Gasteiger partial charge in [-0.3, -0.25) is 9.59 Å². The number of amides is 2. The van der Waals surface area contributed by atoms with Crippen molar-refractivity contribution >= 4 is 22.7 Å². The summed E-state index contributed by atoms with van der Waals surface area (Å²) in [6.07, 6.45) is 6.28. The molecule has 1 aromatic heterocycles. The molecule has 3 aliphatic rings. The number of rotatable bonds is 6. The van der Waals surface area contributed by atoms with Gasteiger partial charge < -0.3 is 30.9 Å². The topological polar surface area (TPSA) is 109 Å². The van der Waals surface area contributed by atoms with E-state index in [0.29, 0.717) is 12.1 Å². The number of carbonyl (C=O) groups excluding carboxylic acids is 2. The van der Waals surface area contributed by atoms with Gasteiger partial charge in [0, 0.05) is 36.1 Å². The number of carbonyl (C=O) groups is 2. The van der Waals surface area contributed by atoms with Crippen LogP contribution in [-0.2, 0) is 9.59 Å². The van der Waals surface area contributed by atoms with E-state index in [0.717, 1.165) is 43.1 Å². The van der Waals surface area contributed by atoms with Crippen molar-refractivity contribution < 1.29 is 19.1 Å². The van der Waals surface area contributed by atoms with Gasteiger partial charge in [0.2, 0.25) is 11.8 Å². The number of H-pyrrole nitrogens is 1. The fraction of sp³-hybridized carbons (Fsp3) is 0.615. The molecule has 2 aromatic rings. The number of aromatic amines is 1. The zero-order valence-corrected chi connectivity index (χ0v) is 20.4. The summed E-state index contributed by atoms with van der Waals surface area (Å²) in [6, 6.07) is 3.19. The van der Waals surface area contributed by atoms with E-state index in [-0.39, 0.29) is 48.1 Å². The van der Waals surface area contributed by atoms with Crippen LogP contribution in [-0.4, -0.2) is 77.2 Å². The van der Waals surface area contributed by atoms with E-state index in [1.807, 2.05) is 6.20 Å². The largest absolute Gasteiger partial charge is 0.390 e. The first-order valence-corrected chi connectivity index (χ1v) is 12.8. The van der Waals surface area contributed by atoms with Crippen molar-refractivity contribution in [3.63, 3.8) is 0 Å². The molecular weight excluding hydrogens is 449 g/mol. The Morgan fingerprint density at radius 3 is 2.74 bits per heavy atom. The number of likely N-dealkylation sites (N-methyl/N-ethyl adjacent to an activating group) is 1. The summed E-state index contributed by atoms with van der Waals surface area (Å²) in [6.45, 7) is 2.62. The lowest BCUT2D eigenvalue weighted by Crippen LogP contribution is -2.57. The second-order valence-electron chi connectivity index (χ2n) is 10.4. The number of hydrogen-bond donors (Lipinski definition) is 5. The molecule has 1 aromatic carbocycles. The van der Waals surface area contributed by atoms with Crippen LogP contribution in [0.5, 0.6) is 0 Å². The van der Waals surface area contributed by atoms with Crippen LogP contribution in [0.25, 0.3) is 10.9 Å². The number of fused-ring (bicyclic) bond motifs is 2. The molecule has 1 saturated carbocycles. The molecule has 3 heterocycles.